The Balaban J connectivity index is 0.000000345. The maximum Gasteiger partial charge on any atom is 0.490 e. The lowest BCUT2D eigenvalue weighted by atomic mass is 9.60. The summed E-state index contributed by atoms with van der Waals surface area (Å²) in [6, 6.07) is 16.0. The molecule has 0 bridgehead atoms. The van der Waals surface area contributed by atoms with Crippen LogP contribution >= 0.6 is 0 Å². The van der Waals surface area contributed by atoms with Gasteiger partial charge in [0.25, 0.3) is 0 Å². The molecule has 2 aromatic carbocycles. The number of hydrogen-bond donors (Lipinski definition) is 4. The molecule has 2 aliphatic carbocycles. The number of carboxylic acids is 3. The van der Waals surface area contributed by atoms with Crippen molar-refractivity contribution in [3.05, 3.63) is 76.6 Å². The van der Waals surface area contributed by atoms with Crippen molar-refractivity contribution in [1.82, 2.24) is 10.2 Å². The molecule has 15 heteroatoms. The number of nitrogens with one attached hydrogen (secondary N) is 1. The second-order valence-corrected chi connectivity index (χ2v) is 11.6. The fourth-order valence-corrected chi connectivity index (χ4v) is 5.75. The largest absolute Gasteiger partial charge is 0.490 e. The van der Waals surface area contributed by atoms with Gasteiger partial charge in [-0.05, 0) is 54.7 Å². The average molecular weight is 663 g/mol. The topological polar surface area (TPSA) is 127 Å². The van der Waals surface area contributed by atoms with Crippen LogP contribution in [-0.2, 0) is 16.1 Å². The predicted molar refractivity (Wildman–Crippen MR) is 151 cm³/mol. The van der Waals surface area contributed by atoms with Gasteiger partial charge < -0.3 is 20.6 Å². The van der Waals surface area contributed by atoms with E-state index in [9.17, 15) is 35.5 Å². The minimum absolute atomic E-state index is 0.00228. The Kier molecular flexibility index (Phi) is 11.6. The van der Waals surface area contributed by atoms with E-state index in [1.54, 1.807) is 11.6 Å². The number of carbonyl (C=O) groups is 3. The summed E-state index contributed by atoms with van der Waals surface area (Å²) in [5.41, 5.74) is 3.82. The molecule has 4 N–H and O–H groups in total. The molecule has 1 spiro atoms. The van der Waals surface area contributed by atoms with Crippen LogP contribution in [0, 0.1) is 17.2 Å². The molecule has 2 atom stereocenters. The van der Waals surface area contributed by atoms with Gasteiger partial charge in [0.05, 0.1) is 5.56 Å². The Hall–Kier alpha value is -3.98. The summed E-state index contributed by atoms with van der Waals surface area (Å²) in [6.45, 7) is 4.82. The molecule has 3 fully saturated rings. The number of aliphatic carboxylic acids is 2. The third kappa shape index (κ3) is 10.3. The van der Waals surface area contributed by atoms with Crippen LogP contribution in [0.5, 0.6) is 0 Å². The van der Waals surface area contributed by atoms with Gasteiger partial charge in [-0.1, -0.05) is 55.0 Å². The maximum absolute atomic E-state index is 14.2. The maximum atomic E-state index is 14.2. The minimum atomic E-state index is -5.08. The second kappa shape index (κ2) is 14.6. The van der Waals surface area contributed by atoms with Crippen LogP contribution in [0.2, 0.25) is 0 Å². The van der Waals surface area contributed by atoms with E-state index < -0.39 is 36.1 Å². The lowest BCUT2D eigenvalue weighted by Crippen LogP contribution is -2.65. The molecule has 8 nitrogen and oxygen atoms in total. The molecule has 252 valence electrons. The van der Waals surface area contributed by atoms with E-state index in [1.165, 1.54) is 30.9 Å². The lowest BCUT2D eigenvalue weighted by molar-refractivity contribution is -0.193. The van der Waals surface area contributed by atoms with Crippen molar-refractivity contribution in [2.24, 2.45) is 11.3 Å². The van der Waals surface area contributed by atoms with Crippen molar-refractivity contribution in [3.63, 3.8) is 0 Å². The number of halogens is 7. The van der Waals surface area contributed by atoms with Gasteiger partial charge in [0, 0.05) is 37.3 Å². The van der Waals surface area contributed by atoms with Gasteiger partial charge in [-0.25, -0.2) is 18.8 Å². The SMILES string of the molecule is CC/C(=C\c1ccccc1)[C@@H]1C[C@H]1NC1CC2(C1)CN(Cc1ccc(C(=O)O)cc1F)C2.O=C(O)C(F)(F)F.O=C(O)C(F)(F)F. The number of benzene rings is 2. The zero-order chi connectivity index (χ0) is 34.4. The highest BCUT2D eigenvalue weighted by Gasteiger charge is 2.53. The number of nitrogens with zero attached hydrogens (tertiary/aromatic N) is 1. The molecule has 0 radical (unpaired) electrons. The van der Waals surface area contributed by atoms with Crippen LogP contribution in [0.25, 0.3) is 6.08 Å². The van der Waals surface area contributed by atoms with Crippen molar-refractivity contribution in [2.45, 2.75) is 63.6 Å². The monoisotopic (exact) mass is 662 g/mol. The van der Waals surface area contributed by atoms with Gasteiger partial charge in [0.15, 0.2) is 0 Å². The third-order valence-corrected chi connectivity index (χ3v) is 7.93. The van der Waals surface area contributed by atoms with Crippen molar-refractivity contribution in [2.75, 3.05) is 13.1 Å². The van der Waals surface area contributed by atoms with E-state index in [4.69, 9.17) is 24.9 Å². The lowest BCUT2D eigenvalue weighted by Gasteiger charge is -2.59. The highest BCUT2D eigenvalue weighted by Crippen LogP contribution is 2.50. The zero-order valence-electron chi connectivity index (χ0n) is 24.5. The number of aromatic carboxylic acids is 1. The smallest absolute Gasteiger partial charge is 0.478 e. The van der Waals surface area contributed by atoms with Gasteiger partial charge in [-0.2, -0.15) is 26.3 Å². The fraction of sp³-hybridized carbons (Fsp3) is 0.452. The number of hydrogen-bond acceptors (Lipinski definition) is 5. The average Bonchev–Trinajstić information content (AvgIpc) is 3.69. The molecule has 2 saturated carbocycles. The summed E-state index contributed by atoms with van der Waals surface area (Å²) < 4.78 is 77.7. The zero-order valence-corrected chi connectivity index (χ0v) is 24.5. The molecule has 0 amide bonds. The van der Waals surface area contributed by atoms with Gasteiger partial charge >= 0.3 is 30.3 Å². The Morgan fingerprint density at radius 3 is 1.93 bits per heavy atom. The van der Waals surface area contributed by atoms with Crippen LogP contribution in [0.15, 0.2) is 54.1 Å². The number of rotatable bonds is 8. The molecule has 2 aromatic rings. The second-order valence-electron chi connectivity index (χ2n) is 11.6. The summed E-state index contributed by atoms with van der Waals surface area (Å²) in [4.78, 5) is 31.0. The fourth-order valence-electron chi connectivity index (χ4n) is 5.75. The molecule has 5 rings (SSSR count). The third-order valence-electron chi connectivity index (χ3n) is 7.93. The van der Waals surface area contributed by atoms with Crippen LogP contribution in [-0.4, -0.2) is 75.7 Å². The van der Waals surface area contributed by atoms with Crippen molar-refractivity contribution >= 4 is 24.0 Å². The first-order valence-corrected chi connectivity index (χ1v) is 14.2. The molecular weight excluding hydrogens is 629 g/mol. The van der Waals surface area contributed by atoms with Crippen LogP contribution in [0.3, 0.4) is 0 Å². The first-order chi connectivity index (χ1) is 21.3. The van der Waals surface area contributed by atoms with E-state index in [0.717, 1.165) is 25.6 Å². The summed E-state index contributed by atoms with van der Waals surface area (Å²) in [7, 11) is 0. The highest BCUT2D eigenvalue weighted by atomic mass is 19.4. The van der Waals surface area contributed by atoms with Crippen LogP contribution < -0.4 is 5.32 Å². The van der Waals surface area contributed by atoms with E-state index in [0.29, 0.717) is 35.5 Å². The molecule has 1 saturated heterocycles. The van der Waals surface area contributed by atoms with Gasteiger partial charge in [-0.3, -0.25) is 4.90 Å². The van der Waals surface area contributed by atoms with E-state index >= 15 is 0 Å². The number of likely N-dealkylation sites (tertiary alicyclic amines) is 1. The molecule has 0 aromatic heterocycles. The molecule has 3 aliphatic rings. The quantitative estimate of drug-likeness (QED) is 0.245. The van der Waals surface area contributed by atoms with Crippen LogP contribution in [0.4, 0.5) is 30.7 Å². The van der Waals surface area contributed by atoms with Gasteiger partial charge in [0.1, 0.15) is 5.82 Å². The van der Waals surface area contributed by atoms with Crippen LogP contribution in [0.1, 0.15) is 54.1 Å². The molecule has 46 heavy (non-hydrogen) atoms. The number of carboxylic acid groups (broad SMARTS) is 3. The summed E-state index contributed by atoms with van der Waals surface area (Å²) in [6.07, 6.45) is -3.05. The standard InChI is InChI=1S/C27H31FN2O2.2C2HF3O2/c1-2-19(10-18-6-4-3-5-7-18)23-12-25(23)29-22-13-27(14-22)16-30(17-27)15-21-9-8-20(26(31)32)11-24(21)28;2*3-2(4,5)1(6)7/h3-11,22-23,25,29H,2,12-17H2,1H3,(H,31,32);2*(H,6,7)/b19-10+;;/t23-,25+;;/m0../s1. The Morgan fingerprint density at radius 2 is 1.48 bits per heavy atom. The first-order valence-electron chi connectivity index (χ1n) is 14.2. The normalized spacial score (nSPS) is 20.7. The molecule has 0 unspecified atom stereocenters. The highest BCUT2D eigenvalue weighted by molar-refractivity contribution is 5.87. The Bertz CT molecular complexity index is 1390. The van der Waals surface area contributed by atoms with E-state index in [2.05, 4.69) is 53.5 Å². The Labute approximate surface area is 259 Å². The molecule has 1 heterocycles. The molecular formula is C31H33F7N2O6. The predicted octanol–water partition coefficient (Wildman–Crippen LogP) is 6.23. The van der Waals surface area contributed by atoms with Crippen molar-refractivity contribution in [1.29, 1.82) is 0 Å². The summed E-state index contributed by atoms with van der Waals surface area (Å²) in [5.74, 6) is -6.36. The van der Waals surface area contributed by atoms with E-state index in [1.807, 2.05) is 0 Å². The molecule has 1 aliphatic heterocycles. The summed E-state index contributed by atoms with van der Waals surface area (Å²) in [5, 5.41) is 27.1. The Morgan fingerprint density at radius 1 is 0.935 bits per heavy atom. The van der Waals surface area contributed by atoms with Crippen molar-refractivity contribution in [3.8, 4) is 0 Å². The van der Waals surface area contributed by atoms with E-state index in [-0.39, 0.29) is 5.56 Å². The minimum Gasteiger partial charge on any atom is -0.478 e. The van der Waals surface area contributed by atoms with Gasteiger partial charge in [0.2, 0.25) is 0 Å². The summed E-state index contributed by atoms with van der Waals surface area (Å²) >= 11 is 0. The number of alkyl halides is 6. The van der Waals surface area contributed by atoms with Crippen molar-refractivity contribution < 1.29 is 60.4 Å². The van der Waals surface area contributed by atoms with Gasteiger partial charge in [-0.15, -0.1) is 0 Å². The first kappa shape index (κ1) is 36.5.